The van der Waals surface area contributed by atoms with Gasteiger partial charge in [0.2, 0.25) is 5.75 Å². The Morgan fingerprint density at radius 3 is 1.73 bits per heavy atom. The molecule has 0 unspecified atom stereocenters. The minimum atomic E-state index is -4.38. The molecule has 1 aromatic heterocycles. The molecule has 0 aliphatic rings. The van der Waals surface area contributed by atoms with Gasteiger partial charge in [-0.15, -0.1) is 0 Å². The number of rotatable bonds is 7. The zero-order valence-electron chi connectivity index (χ0n) is 16.4. The van der Waals surface area contributed by atoms with E-state index < -0.39 is 11.7 Å². The highest BCUT2D eigenvalue weighted by molar-refractivity contribution is 5.68. The highest BCUT2D eigenvalue weighted by Gasteiger charge is 2.29. The summed E-state index contributed by atoms with van der Waals surface area (Å²) in [6.45, 7) is 0. The zero-order valence-corrected chi connectivity index (χ0v) is 16.4. The lowest BCUT2D eigenvalue weighted by Gasteiger charge is -2.15. The van der Waals surface area contributed by atoms with Gasteiger partial charge < -0.3 is 24.8 Å². The molecule has 158 valence electrons. The third-order valence-electron chi connectivity index (χ3n) is 4.09. The maximum atomic E-state index is 12.7. The second-order valence-corrected chi connectivity index (χ2v) is 6.03. The van der Waals surface area contributed by atoms with E-state index >= 15 is 0 Å². The number of hydrogen-bond acceptors (Lipinski definition) is 7. The lowest BCUT2D eigenvalue weighted by molar-refractivity contribution is -0.137. The number of nitrogens with zero attached hydrogens (tertiary/aromatic N) is 2. The van der Waals surface area contributed by atoms with Crippen LogP contribution in [0, 0.1) is 0 Å². The van der Waals surface area contributed by atoms with Crippen LogP contribution >= 0.6 is 0 Å². The molecule has 0 atom stereocenters. The predicted molar refractivity (Wildman–Crippen MR) is 106 cm³/mol. The van der Waals surface area contributed by atoms with Crippen LogP contribution in [0.5, 0.6) is 17.2 Å². The first-order valence-electron chi connectivity index (χ1n) is 8.67. The van der Waals surface area contributed by atoms with Gasteiger partial charge in [-0.1, -0.05) is 0 Å². The van der Waals surface area contributed by atoms with E-state index in [0.29, 0.717) is 40.3 Å². The highest BCUT2D eigenvalue weighted by Crippen LogP contribution is 2.40. The van der Waals surface area contributed by atoms with Crippen LogP contribution in [0.15, 0.2) is 48.8 Å². The topological polar surface area (TPSA) is 77.5 Å². The Labute approximate surface area is 170 Å². The van der Waals surface area contributed by atoms with Crippen LogP contribution in [0.4, 0.5) is 36.2 Å². The van der Waals surface area contributed by atoms with E-state index in [1.807, 2.05) is 0 Å². The normalized spacial score (nSPS) is 11.0. The average Bonchev–Trinajstić information content (AvgIpc) is 2.73. The number of aromatic nitrogens is 2. The van der Waals surface area contributed by atoms with Crippen molar-refractivity contribution in [2.75, 3.05) is 32.0 Å². The molecule has 7 nitrogen and oxygen atoms in total. The van der Waals surface area contributed by atoms with E-state index in [4.69, 9.17) is 14.2 Å². The van der Waals surface area contributed by atoms with Crippen molar-refractivity contribution < 1.29 is 27.4 Å². The first-order valence-corrected chi connectivity index (χ1v) is 8.67. The molecule has 0 spiro atoms. The molecule has 0 saturated carbocycles. The number of hydrogen-bond donors (Lipinski definition) is 2. The fourth-order valence-corrected chi connectivity index (χ4v) is 2.69. The molecule has 2 aromatic carbocycles. The van der Waals surface area contributed by atoms with Gasteiger partial charge in [-0.3, -0.25) is 0 Å². The van der Waals surface area contributed by atoms with Crippen molar-refractivity contribution in [3.05, 3.63) is 54.4 Å². The monoisotopic (exact) mass is 420 g/mol. The molecule has 0 aliphatic heterocycles. The smallest absolute Gasteiger partial charge is 0.416 e. The second-order valence-electron chi connectivity index (χ2n) is 6.03. The van der Waals surface area contributed by atoms with Crippen molar-refractivity contribution in [3.8, 4) is 17.2 Å². The number of ether oxygens (including phenoxy) is 3. The van der Waals surface area contributed by atoms with Crippen LogP contribution in [-0.4, -0.2) is 31.3 Å². The van der Waals surface area contributed by atoms with Gasteiger partial charge in [-0.25, -0.2) is 9.97 Å². The lowest BCUT2D eigenvalue weighted by Crippen LogP contribution is -2.04. The summed E-state index contributed by atoms with van der Waals surface area (Å²) in [5.74, 6) is 2.25. The molecule has 0 bridgehead atoms. The SMILES string of the molecule is COc1cc(Nc2cc(Nc3ccc(C(F)(F)F)cc3)ncn2)cc(OC)c1OC. The van der Waals surface area contributed by atoms with E-state index in [-0.39, 0.29) is 0 Å². The van der Waals surface area contributed by atoms with Gasteiger partial charge in [0.1, 0.15) is 18.0 Å². The largest absolute Gasteiger partial charge is 0.493 e. The quantitative estimate of drug-likeness (QED) is 0.556. The third-order valence-corrected chi connectivity index (χ3v) is 4.09. The Morgan fingerprint density at radius 2 is 1.27 bits per heavy atom. The first kappa shape index (κ1) is 21.0. The van der Waals surface area contributed by atoms with E-state index in [9.17, 15) is 13.2 Å². The predicted octanol–water partition coefficient (Wildman–Crippen LogP) is 5.01. The van der Waals surface area contributed by atoms with Crippen LogP contribution in [-0.2, 0) is 6.18 Å². The molecule has 0 amide bonds. The molecule has 1 heterocycles. The average molecular weight is 420 g/mol. The minimum Gasteiger partial charge on any atom is -0.493 e. The van der Waals surface area contributed by atoms with Gasteiger partial charge in [-0.05, 0) is 24.3 Å². The number of alkyl halides is 3. The molecule has 0 aliphatic carbocycles. The minimum absolute atomic E-state index is 0.403. The number of anilines is 4. The highest BCUT2D eigenvalue weighted by atomic mass is 19.4. The second kappa shape index (κ2) is 8.76. The standard InChI is InChI=1S/C20H19F3N4O3/c1-28-15-8-14(9-16(29-2)19(15)30-3)27-18-10-17(24-11-25-18)26-13-6-4-12(5-7-13)20(21,22)23/h4-11H,1-3H3,(H2,24,25,26,27). The summed E-state index contributed by atoms with van der Waals surface area (Å²) in [5, 5.41) is 6.05. The Kier molecular flexibility index (Phi) is 6.14. The lowest BCUT2D eigenvalue weighted by atomic mass is 10.2. The molecule has 2 N–H and O–H groups in total. The van der Waals surface area contributed by atoms with Crippen LogP contribution in [0.2, 0.25) is 0 Å². The molecule has 30 heavy (non-hydrogen) atoms. The van der Waals surface area contributed by atoms with Crippen LogP contribution in [0.3, 0.4) is 0 Å². The van der Waals surface area contributed by atoms with Gasteiger partial charge in [0.05, 0.1) is 26.9 Å². The molecule has 0 radical (unpaired) electrons. The number of halogens is 3. The maximum Gasteiger partial charge on any atom is 0.416 e. The van der Waals surface area contributed by atoms with Crippen molar-refractivity contribution >= 4 is 23.0 Å². The summed E-state index contributed by atoms with van der Waals surface area (Å²) in [4.78, 5) is 8.24. The fraction of sp³-hybridized carbons (Fsp3) is 0.200. The number of benzene rings is 2. The Hall–Kier alpha value is -3.69. The maximum absolute atomic E-state index is 12.7. The summed E-state index contributed by atoms with van der Waals surface area (Å²) in [6.07, 6.45) is -3.06. The Morgan fingerprint density at radius 1 is 0.733 bits per heavy atom. The molecular formula is C20H19F3N4O3. The summed E-state index contributed by atoms with van der Waals surface area (Å²) in [6, 6.07) is 9.70. The zero-order chi connectivity index (χ0) is 21.7. The fourth-order valence-electron chi connectivity index (χ4n) is 2.69. The van der Waals surface area contributed by atoms with Crippen molar-refractivity contribution in [2.24, 2.45) is 0 Å². The molecule has 3 rings (SSSR count). The van der Waals surface area contributed by atoms with Gasteiger partial charge in [0.25, 0.3) is 0 Å². The van der Waals surface area contributed by atoms with Crippen molar-refractivity contribution in [2.45, 2.75) is 6.18 Å². The Bertz CT molecular complexity index is 986. The molecule has 3 aromatic rings. The summed E-state index contributed by atoms with van der Waals surface area (Å²) in [5.41, 5.74) is 0.365. The van der Waals surface area contributed by atoms with E-state index in [2.05, 4.69) is 20.6 Å². The summed E-state index contributed by atoms with van der Waals surface area (Å²) >= 11 is 0. The molecule has 0 saturated heterocycles. The molecule has 0 fully saturated rings. The number of methoxy groups -OCH3 is 3. The number of nitrogens with one attached hydrogen (secondary N) is 2. The summed E-state index contributed by atoms with van der Waals surface area (Å²) < 4.78 is 54.0. The van der Waals surface area contributed by atoms with Crippen LogP contribution in [0.25, 0.3) is 0 Å². The van der Waals surface area contributed by atoms with Gasteiger partial charge in [0.15, 0.2) is 11.5 Å². The van der Waals surface area contributed by atoms with Gasteiger partial charge >= 0.3 is 6.18 Å². The van der Waals surface area contributed by atoms with Crippen molar-refractivity contribution in [1.29, 1.82) is 0 Å². The van der Waals surface area contributed by atoms with Gasteiger partial charge in [-0.2, -0.15) is 13.2 Å². The first-order chi connectivity index (χ1) is 14.3. The summed E-state index contributed by atoms with van der Waals surface area (Å²) in [7, 11) is 4.53. The van der Waals surface area contributed by atoms with Crippen LogP contribution in [0.1, 0.15) is 5.56 Å². The van der Waals surface area contributed by atoms with E-state index in [1.54, 1.807) is 18.2 Å². The Balaban J connectivity index is 1.79. The molecular weight excluding hydrogens is 401 g/mol. The van der Waals surface area contributed by atoms with Crippen molar-refractivity contribution in [3.63, 3.8) is 0 Å². The van der Waals surface area contributed by atoms with E-state index in [1.165, 1.54) is 39.8 Å². The molecule has 10 heteroatoms. The van der Waals surface area contributed by atoms with Crippen molar-refractivity contribution in [1.82, 2.24) is 9.97 Å². The van der Waals surface area contributed by atoms with E-state index in [0.717, 1.165) is 12.1 Å². The third kappa shape index (κ3) is 4.83. The van der Waals surface area contributed by atoms with Gasteiger partial charge in [0, 0.05) is 29.6 Å². The van der Waals surface area contributed by atoms with Crippen LogP contribution < -0.4 is 24.8 Å².